The number of aromatic nitrogens is 2. The molecule has 3 N–H and O–H groups in total. The van der Waals surface area contributed by atoms with Crippen LogP contribution in [0.5, 0.6) is 0 Å². The lowest BCUT2D eigenvalue weighted by Gasteiger charge is -2.29. The number of imidazole rings is 1. The van der Waals surface area contributed by atoms with Crippen LogP contribution < -0.4 is 10.6 Å². The van der Waals surface area contributed by atoms with Gasteiger partial charge in [0.05, 0.1) is 37.0 Å². The average Bonchev–Trinajstić information content (AvgIpc) is 3.05. The van der Waals surface area contributed by atoms with Crippen molar-refractivity contribution in [3.63, 3.8) is 0 Å². The number of aromatic amines is 1. The molecule has 1 aromatic carbocycles. The summed E-state index contributed by atoms with van der Waals surface area (Å²) in [5.74, 6) is 0. The maximum atomic E-state index is 11.9. The lowest BCUT2D eigenvalue weighted by Crippen LogP contribution is -2.43. The number of halogens is 1. The van der Waals surface area contributed by atoms with Gasteiger partial charge in [0.15, 0.2) is 0 Å². The van der Waals surface area contributed by atoms with E-state index < -0.39 is 0 Å². The van der Waals surface area contributed by atoms with Crippen LogP contribution in [0, 0.1) is 0 Å². The molecule has 0 spiro atoms. The van der Waals surface area contributed by atoms with Gasteiger partial charge >= 0.3 is 6.03 Å². The van der Waals surface area contributed by atoms with E-state index in [1.54, 1.807) is 36.8 Å². The van der Waals surface area contributed by atoms with Crippen molar-refractivity contribution in [3.05, 3.63) is 47.5 Å². The van der Waals surface area contributed by atoms with Crippen LogP contribution in [0.1, 0.15) is 24.6 Å². The number of anilines is 1. The number of urea groups is 1. The van der Waals surface area contributed by atoms with Gasteiger partial charge in [-0.15, -0.1) is 0 Å². The largest absolute Gasteiger partial charge is 0.370 e. The van der Waals surface area contributed by atoms with Gasteiger partial charge in [-0.1, -0.05) is 11.6 Å². The van der Waals surface area contributed by atoms with Crippen LogP contribution in [-0.4, -0.2) is 28.6 Å². The van der Waals surface area contributed by atoms with Gasteiger partial charge in [-0.3, -0.25) is 0 Å². The van der Waals surface area contributed by atoms with Crippen molar-refractivity contribution >= 4 is 23.3 Å². The van der Waals surface area contributed by atoms with E-state index in [0.29, 0.717) is 17.3 Å². The van der Waals surface area contributed by atoms with Crippen molar-refractivity contribution in [2.45, 2.75) is 25.0 Å². The molecule has 2 atom stereocenters. The maximum Gasteiger partial charge on any atom is 0.319 e. The minimum absolute atomic E-state index is 0.00599. The topological polar surface area (TPSA) is 79.0 Å². The van der Waals surface area contributed by atoms with Gasteiger partial charge in [-0.25, -0.2) is 9.78 Å². The summed E-state index contributed by atoms with van der Waals surface area (Å²) in [6.07, 6.45) is 5.14. The number of rotatable bonds is 3. The molecule has 0 aliphatic carbocycles. The number of hydrogen-bond acceptors (Lipinski definition) is 3. The van der Waals surface area contributed by atoms with E-state index >= 15 is 0 Å². The molecule has 0 saturated carbocycles. The fourth-order valence-corrected chi connectivity index (χ4v) is 2.57. The summed E-state index contributed by atoms with van der Waals surface area (Å²) in [5, 5.41) is 6.32. The zero-order valence-electron chi connectivity index (χ0n) is 11.9. The summed E-state index contributed by atoms with van der Waals surface area (Å²) < 4.78 is 5.77. The Morgan fingerprint density at radius 3 is 2.77 bits per heavy atom. The minimum Gasteiger partial charge on any atom is -0.370 e. The Bertz CT molecular complexity index is 607. The quantitative estimate of drug-likeness (QED) is 0.813. The Morgan fingerprint density at radius 1 is 1.32 bits per heavy atom. The molecule has 2 heterocycles. The molecule has 1 aromatic heterocycles. The van der Waals surface area contributed by atoms with Crippen LogP contribution >= 0.6 is 11.6 Å². The number of carbonyl (C=O) groups excluding carboxylic acids is 1. The molecule has 7 heteroatoms. The Morgan fingerprint density at radius 2 is 2.14 bits per heavy atom. The zero-order valence-corrected chi connectivity index (χ0v) is 12.6. The third-order valence-corrected chi connectivity index (χ3v) is 3.83. The fraction of sp³-hybridized carbons (Fsp3) is 0.333. The molecule has 0 unspecified atom stereocenters. The molecule has 1 fully saturated rings. The van der Waals surface area contributed by atoms with Crippen LogP contribution in [0.25, 0.3) is 0 Å². The summed E-state index contributed by atoms with van der Waals surface area (Å²) in [4.78, 5) is 19.0. The molecule has 116 valence electrons. The van der Waals surface area contributed by atoms with Gasteiger partial charge in [0.25, 0.3) is 0 Å². The number of H-pyrrole nitrogens is 1. The van der Waals surface area contributed by atoms with Crippen molar-refractivity contribution in [1.29, 1.82) is 0 Å². The number of benzene rings is 1. The van der Waals surface area contributed by atoms with Crippen molar-refractivity contribution in [1.82, 2.24) is 15.3 Å². The average molecular weight is 321 g/mol. The van der Waals surface area contributed by atoms with E-state index in [0.717, 1.165) is 18.5 Å². The van der Waals surface area contributed by atoms with Crippen molar-refractivity contribution in [3.8, 4) is 0 Å². The zero-order chi connectivity index (χ0) is 15.4. The van der Waals surface area contributed by atoms with E-state index in [2.05, 4.69) is 20.6 Å². The molecule has 2 amide bonds. The third-order valence-electron chi connectivity index (χ3n) is 3.58. The molecule has 1 aliphatic rings. The summed E-state index contributed by atoms with van der Waals surface area (Å²) >= 11 is 5.81. The maximum absolute atomic E-state index is 11.9. The highest BCUT2D eigenvalue weighted by atomic mass is 35.5. The summed E-state index contributed by atoms with van der Waals surface area (Å²) in [5.41, 5.74) is 1.68. The van der Waals surface area contributed by atoms with Crippen LogP contribution in [0.2, 0.25) is 5.02 Å². The first-order chi connectivity index (χ1) is 10.7. The first-order valence-electron chi connectivity index (χ1n) is 7.13. The van der Waals surface area contributed by atoms with Gasteiger partial charge in [0.2, 0.25) is 0 Å². The van der Waals surface area contributed by atoms with Gasteiger partial charge < -0.3 is 20.4 Å². The van der Waals surface area contributed by atoms with Gasteiger partial charge in [-0.05, 0) is 37.1 Å². The van der Waals surface area contributed by atoms with Crippen LogP contribution in [-0.2, 0) is 4.74 Å². The number of hydrogen-bond donors (Lipinski definition) is 3. The SMILES string of the molecule is O=C(Nc1ccc(Cl)cc1)N[C@@H]1CC[C@@H](c2cnc[nH]2)OC1. The second kappa shape index (κ2) is 6.81. The molecule has 1 saturated heterocycles. The first-order valence-corrected chi connectivity index (χ1v) is 7.51. The molecular weight excluding hydrogens is 304 g/mol. The van der Waals surface area contributed by atoms with E-state index in [1.165, 1.54) is 0 Å². The van der Waals surface area contributed by atoms with Crippen molar-refractivity contribution in [2.24, 2.45) is 0 Å². The number of nitrogens with one attached hydrogen (secondary N) is 3. The monoisotopic (exact) mass is 320 g/mol. The Balaban J connectivity index is 1.46. The first kappa shape index (κ1) is 14.9. The summed E-state index contributed by atoms with van der Waals surface area (Å²) in [6.45, 7) is 0.484. The molecule has 3 rings (SSSR count). The molecule has 1 aliphatic heterocycles. The normalized spacial score (nSPS) is 21.3. The lowest BCUT2D eigenvalue weighted by atomic mass is 10.0. The second-order valence-corrected chi connectivity index (χ2v) is 5.64. The molecular formula is C15H17ClN4O2. The van der Waals surface area contributed by atoms with Crippen LogP contribution in [0.4, 0.5) is 10.5 Å². The summed E-state index contributed by atoms with van der Waals surface area (Å²) in [6, 6.07) is 6.75. The molecule has 6 nitrogen and oxygen atoms in total. The molecule has 0 radical (unpaired) electrons. The highest BCUT2D eigenvalue weighted by Gasteiger charge is 2.24. The number of amides is 2. The smallest absolute Gasteiger partial charge is 0.319 e. The number of ether oxygens (including phenoxy) is 1. The van der Waals surface area contributed by atoms with E-state index in [-0.39, 0.29) is 18.2 Å². The molecule has 22 heavy (non-hydrogen) atoms. The molecule has 0 bridgehead atoms. The van der Waals surface area contributed by atoms with E-state index in [1.807, 2.05) is 0 Å². The highest BCUT2D eigenvalue weighted by molar-refractivity contribution is 6.30. The van der Waals surface area contributed by atoms with Crippen LogP contribution in [0.15, 0.2) is 36.8 Å². The predicted octanol–water partition coefficient (Wildman–Crippen LogP) is 3.10. The predicted molar refractivity (Wildman–Crippen MR) is 83.9 cm³/mol. The van der Waals surface area contributed by atoms with Crippen molar-refractivity contribution in [2.75, 3.05) is 11.9 Å². The standard InChI is InChI=1S/C15H17ClN4O2/c16-10-1-3-11(4-2-10)19-15(21)20-12-5-6-14(22-8-12)13-7-17-9-18-13/h1-4,7,9,12,14H,5-6,8H2,(H,17,18)(H2,19,20,21)/t12-,14+/m1/s1. The Hall–Kier alpha value is -2.05. The van der Waals surface area contributed by atoms with Crippen LogP contribution in [0.3, 0.4) is 0 Å². The van der Waals surface area contributed by atoms with Gasteiger partial charge in [0, 0.05) is 10.7 Å². The summed E-state index contributed by atoms with van der Waals surface area (Å²) in [7, 11) is 0. The second-order valence-electron chi connectivity index (χ2n) is 5.21. The van der Waals surface area contributed by atoms with E-state index in [4.69, 9.17) is 16.3 Å². The lowest BCUT2D eigenvalue weighted by molar-refractivity contribution is -0.00339. The number of nitrogens with zero attached hydrogens (tertiary/aromatic N) is 1. The van der Waals surface area contributed by atoms with E-state index in [9.17, 15) is 4.79 Å². The highest BCUT2D eigenvalue weighted by Crippen LogP contribution is 2.26. The van der Waals surface area contributed by atoms with Gasteiger partial charge in [-0.2, -0.15) is 0 Å². The molecule has 2 aromatic rings. The third kappa shape index (κ3) is 3.78. The fourth-order valence-electron chi connectivity index (χ4n) is 2.44. The Kier molecular flexibility index (Phi) is 4.60. The Labute approximate surface area is 133 Å². The van der Waals surface area contributed by atoms with Crippen molar-refractivity contribution < 1.29 is 9.53 Å². The number of carbonyl (C=O) groups is 1. The van der Waals surface area contributed by atoms with Gasteiger partial charge in [0.1, 0.15) is 0 Å². The minimum atomic E-state index is -0.240.